The van der Waals surface area contributed by atoms with Gasteiger partial charge in [0.2, 0.25) is 0 Å². The summed E-state index contributed by atoms with van der Waals surface area (Å²) in [6.07, 6.45) is 0. The molecule has 72 valence electrons. The predicted molar refractivity (Wildman–Crippen MR) is 50.5 cm³/mol. The summed E-state index contributed by atoms with van der Waals surface area (Å²) in [7, 11) is 0. The first-order chi connectivity index (χ1) is 6.57. The molecule has 0 fully saturated rings. The monoisotopic (exact) mass is 235 g/mol. The molecular formula is C9H6BF3KN. The molecule has 0 radical (unpaired) electrons. The van der Waals surface area contributed by atoms with Gasteiger partial charge in [-0.05, 0) is 17.0 Å². The van der Waals surface area contributed by atoms with E-state index in [0.29, 0.717) is 5.52 Å². The van der Waals surface area contributed by atoms with Crippen molar-refractivity contribution in [3.05, 3.63) is 36.4 Å². The van der Waals surface area contributed by atoms with Gasteiger partial charge in [0, 0.05) is 0 Å². The summed E-state index contributed by atoms with van der Waals surface area (Å²) in [5.74, 6) is 0. The average molecular weight is 235 g/mol. The summed E-state index contributed by atoms with van der Waals surface area (Å²) >= 11 is 0. The van der Waals surface area contributed by atoms with Crippen LogP contribution < -0.4 is 57.0 Å². The number of rotatable bonds is 1. The van der Waals surface area contributed by atoms with Crippen LogP contribution >= 0.6 is 0 Å². The first-order valence-corrected chi connectivity index (χ1v) is 4.13. The van der Waals surface area contributed by atoms with Gasteiger partial charge < -0.3 is 12.9 Å². The summed E-state index contributed by atoms with van der Waals surface area (Å²) in [5.41, 5.74) is -0.409. The van der Waals surface area contributed by atoms with E-state index in [-0.39, 0.29) is 51.4 Å². The third kappa shape index (κ3) is 3.04. The Hall–Kier alpha value is 0.121. The molecule has 0 aliphatic heterocycles. The molecular weight excluding hydrogens is 229 g/mol. The molecule has 1 aromatic carbocycles. The van der Waals surface area contributed by atoms with Crippen LogP contribution in [0.15, 0.2) is 36.4 Å². The van der Waals surface area contributed by atoms with E-state index in [1.807, 2.05) is 0 Å². The van der Waals surface area contributed by atoms with Crippen molar-refractivity contribution in [1.29, 1.82) is 0 Å². The number of hydrogen-bond donors (Lipinski definition) is 0. The van der Waals surface area contributed by atoms with Gasteiger partial charge in [-0.2, -0.15) is 0 Å². The molecule has 0 saturated heterocycles. The molecule has 0 spiro atoms. The van der Waals surface area contributed by atoms with E-state index in [1.54, 1.807) is 24.3 Å². The first kappa shape index (κ1) is 13.2. The zero-order valence-electron chi connectivity index (χ0n) is 8.12. The van der Waals surface area contributed by atoms with Gasteiger partial charge >= 0.3 is 58.4 Å². The zero-order valence-corrected chi connectivity index (χ0v) is 11.2. The molecule has 0 amide bonds. The van der Waals surface area contributed by atoms with Gasteiger partial charge in [-0.25, -0.2) is 0 Å². The molecule has 2 aromatic rings. The van der Waals surface area contributed by atoms with Crippen LogP contribution in [0.25, 0.3) is 10.9 Å². The SMILES string of the molecule is F[B-](F)(F)c1ccc2ccccc2n1.[K+]. The van der Waals surface area contributed by atoms with Crippen molar-refractivity contribution < 1.29 is 64.3 Å². The first-order valence-electron chi connectivity index (χ1n) is 4.13. The van der Waals surface area contributed by atoms with Crippen LogP contribution in [0.3, 0.4) is 0 Å². The van der Waals surface area contributed by atoms with E-state index in [4.69, 9.17) is 0 Å². The Bertz CT molecular complexity index is 472. The molecule has 0 aliphatic carbocycles. The van der Waals surface area contributed by atoms with Gasteiger partial charge in [0.15, 0.2) is 0 Å². The summed E-state index contributed by atoms with van der Waals surface area (Å²) in [5, 5.41) is 0.719. The summed E-state index contributed by atoms with van der Waals surface area (Å²) in [6, 6.07) is 9.19. The smallest absolute Gasteiger partial charge is 0.444 e. The Balaban J connectivity index is 0.00000112. The van der Waals surface area contributed by atoms with Crippen molar-refractivity contribution in [2.75, 3.05) is 0 Å². The third-order valence-electron chi connectivity index (χ3n) is 1.96. The molecule has 6 heteroatoms. The maximum Gasteiger partial charge on any atom is 1.00 e. The standard InChI is InChI=1S/C9H6BF3N.K/c11-10(12,13)9-6-5-7-3-1-2-4-8(7)14-9;/h1-6H;/q-1;+1. The summed E-state index contributed by atoms with van der Waals surface area (Å²) in [4.78, 5) is 3.55. The third-order valence-corrected chi connectivity index (χ3v) is 1.96. The quantitative estimate of drug-likeness (QED) is 0.595. The second-order valence-electron chi connectivity index (χ2n) is 3.00. The fraction of sp³-hybridized carbons (Fsp3) is 0. The molecule has 1 aromatic heterocycles. The molecule has 2 rings (SSSR count). The van der Waals surface area contributed by atoms with Crippen LogP contribution in [0.2, 0.25) is 0 Å². The van der Waals surface area contributed by atoms with E-state index >= 15 is 0 Å². The minimum atomic E-state index is -5.00. The Labute approximate surface area is 128 Å². The van der Waals surface area contributed by atoms with Gasteiger partial charge in [0.25, 0.3) is 0 Å². The van der Waals surface area contributed by atoms with Gasteiger partial charge in [-0.3, -0.25) is 4.98 Å². The van der Waals surface area contributed by atoms with Gasteiger partial charge in [0.05, 0.1) is 5.52 Å². The van der Waals surface area contributed by atoms with E-state index in [2.05, 4.69) is 4.98 Å². The van der Waals surface area contributed by atoms with Gasteiger partial charge in [-0.15, -0.1) is 0 Å². The Morgan fingerprint density at radius 2 is 1.60 bits per heavy atom. The molecule has 0 atom stereocenters. The van der Waals surface area contributed by atoms with Crippen molar-refractivity contribution in [2.24, 2.45) is 0 Å². The van der Waals surface area contributed by atoms with Crippen LogP contribution in [-0.4, -0.2) is 12.0 Å². The minimum absolute atomic E-state index is 0. The van der Waals surface area contributed by atoms with E-state index in [1.165, 1.54) is 6.07 Å². The van der Waals surface area contributed by atoms with Crippen molar-refractivity contribution in [3.8, 4) is 0 Å². The molecule has 1 heterocycles. The fourth-order valence-electron chi connectivity index (χ4n) is 1.26. The Kier molecular flexibility index (Phi) is 4.37. The van der Waals surface area contributed by atoms with Crippen LogP contribution in [0.5, 0.6) is 0 Å². The van der Waals surface area contributed by atoms with Crippen molar-refractivity contribution in [1.82, 2.24) is 4.98 Å². The topological polar surface area (TPSA) is 12.9 Å². The molecule has 0 saturated carbocycles. The Morgan fingerprint density at radius 3 is 2.27 bits per heavy atom. The zero-order chi connectivity index (χ0) is 10.2. The molecule has 0 aliphatic rings. The maximum atomic E-state index is 12.3. The second-order valence-corrected chi connectivity index (χ2v) is 3.00. The number of para-hydroxylation sites is 1. The Morgan fingerprint density at radius 1 is 0.933 bits per heavy atom. The molecule has 0 bridgehead atoms. The number of aromatic nitrogens is 1. The number of fused-ring (bicyclic) bond motifs is 1. The van der Waals surface area contributed by atoms with Crippen LogP contribution in [0.1, 0.15) is 0 Å². The van der Waals surface area contributed by atoms with Crippen molar-refractivity contribution >= 4 is 23.5 Å². The summed E-state index contributed by atoms with van der Waals surface area (Å²) < 4.78 is 36.9. The normalized spacial score (nSPS) is 11.1. The van der Waals surface area contributed by atoms with Gasteiger partial charge in [0.1, 0.15) is 0 Å². The second kappa shape index (κ2) is 4.97. The van der Waals surface area contributed by atoms with Crippen LogP contribution in [0.4, 0.5) is 12.9 Å². The van der Waals surface area contributed by atoms with E-state index in [9.17, 15) is 12.9 Å². The van der Waals surface area contributed by atoms with Gasteiger partial charge in [-0.1, -0.05) is 30.3 Å². The number of halogens is 3. The van der Waals surface area contributed by atoms with Crippen molar-refractivity contribution in [2.45, 2.75) is 0 Å². The molecule has 0 N–H and O–H groups in total. The predicted octanol–water partition coefficient (Wildman–Crippen LogP) is -0.707. The number of hydrogen-bond acceptors (Lipinski definition) is 1. The average Bonchev–Trinajstić information content (AvgIpc) is 2.16. The fourth-order valence-corrected chi connectivity index (χ4v) is 1.26. The number of benzene rings is 1. The van der Waals surface area contributed by atoms with Crippen LogP contribution in [-0.2, 0) is 0 Å². The minimum Gasteiger partial charge on any atom is -0.444 e. The maximum absolute atomic E-state index is 12.3. The molecule has 15 heavy (non-hydrogen) atoms. The largest absolute Gasteiger partial charge is 1.00 e. The van der Waals surface area contributed by atoms with Crippen LogP contribution in [0, 0.1) is 0 Å². The summed E-state index contributed by atoms with van der Waals surface area (Å²) in [6.45, 7) is -5.00. The number of pyridine rings is 1. The molecule has 1 nitrogen and oxygen atoms in total. The number of nitrogens with zero attached hydrogens (tertiary/aromatic N) is 1. The van der Waals surface area contributed by atoms with E-state index < -0.39 is 12.6 Å². The van der Waals surface area contributed by atoms with Crippen molar-refractivity contribution in [3.63, 3.8) is 0 Å². The molecule has 0 unspecified atom stereocenters. The van der Waals surface area contributed by atoms with E-state index in [0.717, 1.165) is 11.5 Å².